The second kappa shape index (κ2) is 6.80. The van der Waals surface area contributed by atoms with Gasteiger partial charge in [-0.2, -0.15) is 0 Å². The monoisotopic (exact) mass is 343 g/mol. The molecule has 1 heterocycles. The van der Waals surface area contributed by atoms with Gasteiger partial charge in [0.1, 0.15) is 12.6 Å². The normalized spacial score (nSPS) is 14.4. The largest absolute Gasteiger partial charge is 0.494 e. The molecule has 2 aromatic rings. The van der Waals surface area contributed by atoms with Crippen molar-refractivity contribution in [2.45, 2.75) is 13.0 Å². The highest BCUT2D eigenvalue weighted by atomic mass is 19.1. The second-order valence-electron chi connectivity index (χ2n) is 5.71. The summed E-state index contributed by atoms with van der Waals surface area (Å²) >= 11 is 0. The molecule has 25 heavy (non-hydrogen) atoms. The average molecular weight is 343 g/mol. The third kappa shape index (κ3) is 3.40. The first kappa shape index (κ1) is 16.8. The summed E-state index contributed by atoms with van der Waals surface area (Å²) in [5.41, 5.74) is 1.80. The van der Waals surface area contributed by atoms with E-state index in [0.29, 0.717) is 17.1 Å². The molecule has 1 atom stereocenters. The number of nitrogens with zero attached hydrogens (tertiary/aromatic N) is 1. The molecule has 0 radical (unpaired) electrons. The fourth-order valence-corrected chi connectivity index (χ4v) is 2.72. The molecule has 0 aliphatic carbocycles. The van der Waals surface area contributed by atoms with E-state index in [1.165, 1.54) is 30.2 Å². The minimum absolute atomic E-state index is 0.0470. The van der Waals surface area contributed by atoms with Crippen LogP contribution < -0.4 is 20.3 Å². The predicted molar refractivity (Wildman–Crippen MR) is 93.5 cm³/mol. The van der Waals surface area contributed by atoms with Crippen LogP contribution in [-0.4, -0.2) is 31.5 Å². The van der Waals surface area contributed by atoms with Crippen LogP contribution in [0.5, 0.6) is 5.75 Å². The number of ether oxygens (including phenoxy) is 1. The van der Waals surface area contributed by atoms with Gasteiger partial charge >= 0.3 is 0 Å². The van der Waals surface area contributed by atoms with Gasteiger partial charge in [0.05, 0.1) is 18.5 Å². The van der Waals surface area contributed by atoms with Gasteiger partial charge in [-0.1, -0.05) is 12.1 Å². The van der Waals surface area contributed by atoms with E-state index in [1.807, 2.05) is 0 Å². The Labute approximate surface area is 144 Å². The van der Waals surface area contributed by atoms with Crippen LogP contribution in [0.1, 0.15) is 6.92 Å². The van der Waals surface area contributed by atoms with E-state index < -0.39 is 11.9 Å². The second-order valence-corrected chi connectivity index (χ2v) is 5.71. The summed E-state index contributed by atoms with van der Waals surface area (Å²) in [4.78, 5) is 26.1. The zero-order chi connectivity index (χ0) is 18.0. The van der Waals surface area contributed by atoms with E-state index >= 15 is 0 Å². The summed E-state index contributed by atoms with van der Waals surface area (Å²) in [7, 11) is 1.38. The highest BCUT2D eigenvalue weighted by molar-refractivity contribution is 6.11. The maximum atomic E-state index is 13.5. The van der Waals surface area contributed by atoms with E-state index in [-0.39, 0.29) is 24.1 Å². The van der Waals surface area contributed by atoms with Gasteiger partial charge in [-0.05, 0) is 31.2 Å². The molecule has 0 unspecified atom stereocenters. The van der Waals surface area contributed by atoms with E-state index in [1.54, 1.807) is 31.2 Å². The van der Waals surface area contributed by atoms with Crippen LogP contribution in [0.2, 0.25) is 0 Å². The summed E-state index contributed by atoms with van der Waals surface area (Å²) in [5, 5.41) is 5.76. The Morgan fingerprint density at radius 3 is 2.84 bits per heavy atom. The molecule has 0 saturated carbocycles. The Kier molecular flexibility index (Phi) is 4.56. The van der Waals surface area contributed by atoms with Crippen molar-refractivity contribution in [1.82, 2.24) is 0 Å². The minimum Gasteiger partial charge on any atom is -0.494 e. The molecule has 7 heteroatoms. The molecule has 0 aromatic heterocycles. The number of amides is 2. The zero-order valence-electron chi connectivity index (χ0n) is 13.9. The van der Waals surface area contributed by atoms with E-state index in [0.717, 1.165) is 0 Å². The number of benzene rings is 2. The highest BCUT2D eigenvalue weighted by Crippen LogP contribution is 2.30. The van der Waals surface area contributed by atoms with Crippen molar-refractivity contribution < 1.29 is 18.7 Å². The Hall–Kier alpha value is -3.09. The molecule has 6 nitrogen and oxygen atoms in total. The molecule has 3 rings (SSSR count). The SMILES string of the molecule is COc1cc(N[C@H](C)C(=O)N2CC(=O)Nc3ccccc32)ccc1F. The van der Waals surface area contributed by atoms with Crippen LogP contribution in [0.15, 0.2) is 42.5 Å². The molecular weight excluding hydrogens is 325 g/mol. The van der Waals surface area contributed by atoms with Crippen molar-refractivity contribution in [3.8, 4) is 5.75 Å². The third-order valence-corrected chi connectivity index (χ3v) is 3.94. The van der Waals surface area contributed by atoms with Crippen molar-refractivity contribution in [3.05, 3.63) is 48.3 Å². The van der Waals surface area contributed by atoms with Crippen LogP contribution >= 0.6 is 0 Å². The topological polar surface area (TPSA) is 70.7 Å². The Bertz CT molecular complexity index is 825. The van der Waals surface area contributed by atoms with Gasteiger partial charge in [-0.15, -0.1) is 0 Å². The number of carbonyl (C=O) groups excluding carboxylic acids is 2. The van der Waals surface area contributed by atoms with Gasteiger partial charge in [0.25, 0.3) is 0 Å². The standard InChI is InChI=1S/C18H18FN3O3/c1-11(20-12-7-8-13(19)16(9-12)25-2)18(24)22-10-17(23)21-14-5-3-4-6-15(14)22/h3-9,11,20H,10H2,1-2H3,(H,21,23)/t11-/m1/s1. The average Bonchev–Trinajstić information content (AvgIpc) is 2.61. The molecule has 0 saturated heterocycles. The first-order valence-electron chi connectivity index (χ1n) is 7.80. The number of rotatable bonds is 4. The molecular formula is C18H18FN3O3. The van der Waals surface area contributed by atoms with Crippen molar-refractivity contribution in [3.63, 3.8) is 0 Å². The smallest absolute Gasteiger partial charge is 0.249 e. The van der Waals surface area contributed by atoms with Gasteiger partial charge in [0.2, 0.25) is 11.8 Å². The summed E-state index contributed by atoms with van der Waals surface area (Å²) in [6, 6.07) is 10.8. The summed E-state index contributed by atoms with van der Waals surface area (Å²) in [6.07, 6.45) is 0. The van der Waals surface area contributed by atoms with Gasteiger partial charge in [0.15, 0.2) is 11.6 Å². The Morgan fingerprint density at radius 2 is 2.08 bits per heavy atom. The van der Waals surface area contributed by atoms with Gasteiger partial charge in [0, 0.05) is 11.8 Å². The third-order valence-electron chi connectivity index (χ3n) is 3.94. The summed E-state index contributed by atoms with van der Waals surface area (Å²) in [6.45, 7) is 1.64. The number of fused-ring (bicyclic) bond motifs is 1. The predicted octanol–water partition coefficient (Wildman–Crippen LogP) is 2.62. The fraction of sp³-hybridized carbons (Fsp3) is 0.222. The van der Waals surface area contributed by atoms with E-state index in [2.05, 4.69) is 10.6 Å². The molecule has 2 amide bonds. The fourth-order valence-electron chi connectivity index (χ4n) is 2.72. The lowest BCUT2D eigenvalue weighted by Crippen LogP contribution is -2.47. The molecule has 0 spiro atoms. The number of hydrogen-bond acceptors (Lipinski definition) is 4. The Balaban J connectivity index is 1.80. The van der Waals surface area contributed by atoms with Crippen molar-refractivity contribution in [2.75, 3.05) is 29.2 Å². The van der Waals surface area contributed by atoms with Crippen LogP contribution in [0.3, 0.4) is 0 Å². The molecule has 0 bridgehead atoms. The zero-order valence-corrected chi connectivity index (χ0v) is 13.9. The lowest BCUT2D eigenvalue weighted by Gasteiger charge is -2.31. The minimum atomic E-state index is -0.617. The number of halogens is 1. The first-order valence-corrected chi connectivity index (χ1v) is 7.80. The van der Waals surface area contributed by atoms with Crippen LogP contribution in [0.4, 0.5) is 21.5 Å². The Morgan fingerprint density at radius 1 is 1.32 bits per heavy atom. The molecule has 0 fully saturated rings. The number of carbonyl (C=O) groups is 2. The summed E-state index contributed by atoms with van der Waals surface area (Å²) in [5.74, 6) is -0.894. The maximum absolute atomic E-state index is 13.5. The first-order chi connectivity index (χ1) is 12.0. The number of anilines is 3. The van der Waals surface area contributed by atoms with Crippen LogP contribution in [-0.2, 0) is 9.59 Å². The number of nitrogens with one attached hydrogen (secondary N) is 2. The van der Waals surface area contributed by atoms with Crippen LogP contribution in [0.25, 0.3) is 0 Å². The number of methoxy groups -OCH3 is 1. The van der Waals surface area contributed by atoms with Crippen molar-refractivity contribution >= 4 is 28.9 Å². The van der Waals surface area contributed by atoms with Crippen molar-refractivity contribution in [1.29, 1.82) is 0 Å². The summed E-state index contributed by atoms with van der Waals surface area (Å²) < 4.78 is 18.4. The maximum Gasteiger partial charge on any atom is 0.249 e. The van der Waals surface area contributed by atoms with Gasteiger partial charge in [-0.25, -0.2) is 4.39 Å². The number of hydrogen-bond donors (Lipinski definition) is 2. The highest BCUT2D eigenvalue weighted by Gasteiger charge is 2.29. The lowest BCUT2D eigenvalue weighted by molar-refractivity contribution is -0.122. The van der Waals surface area contributed by atoms with E-state index in [4.69, 9.17) is 4.74 Å². The molecule has 2 aromatic carbocycles. The lowest BCUT2D eigenvalue weighted by atomic mass is 10.1. The molecule has 2 N–H and O–H groups in total. The number of para-hydroxylation sites is 2. The van der Waals surface area contributed by atoms with Crippen LogP contribution in [0, 0.1) is 5.82 Å². The van der Waals surface area contributed by atoms with E-state index in [9.17, 15) is 14.0 Å². The molecule has 130 valence electrons. The molecule has 1 aliphatic rings. The van der Waals surface area contributed by atoms with Gasteiger partial charge < -0.3 is 15.4 Å². The molecule has 1 aliphatic heterocycles. The van der Waals surface area contributed by atoms with Crippen molar-refractivity contribution in [2.24, 2.45) is 0 Å². The van der Waals surface area contributed by atoms with Gasteiger partial charge in [-0.3, -0.25) is 14.5 Å². The quantitative estimate of drug-likeness (QED) is 0.895.